The Balaban J connectivity index is 1.64. The predicted molar refractivity (Wildman–Crippen MR) is 127 cm³/mol. The van der Waals surface area contributed by atoms with Crippen LogP contribution in [0, 0.1) is 5.82 Å². The number of fused-ring (bicyclic) bond motifs is 6. The zero-order valence-electron chi connectivity index (χ0n) is 17.2. The maximum absolute atomic E-state index is 13.9. The van der Waals surface area contributed by atoms with Gasteiger partial charge in [0.1, 0.15) is 22.5 Å². The van der Waals surface area contributed by atoms with Crippen LogP contribution in [0.2, 0.25) is 0 Å². The Bertz CT molecular complexity index is 1840. The number of benzene rings is 4. The molecule has 0 saturated carbocycles. The van der Waals surface area contributed by atoms with E-state index in [2.05, 4.69) is 14.8 Å². The number of rotatable bonds is 2. The van der Waals surface area contributed by atoms with E-state index in [9.17, 15) is 4.39 Å². The zero-order chi connectivity index (χ0) is 21.9. The van der Waals surface area contributed by atoms with Gasteiger partial charge in [-0.05, 0) is 36.4 Å². The van der Waals surface area contributed by atoms with E-state index >= 15 is 0 Å². The monoisotopic (exact) mass is 430 g/mol. The summed E-state index contributed by atoms with van der Waals surface area (Å²) in [5.41, 5.74) is 5.13. The third kappa shape index (κ3) is 2.61. The van der Waals surface area contributed by atoms with E-state index in [0.29, 0.717) is 22.6 Å². The normalized spacial score (nSPS) is 11.8. The Morgan fingerprint density at radius 1 is 0.727 bits per heavy atom. The highest BCUT2D eigenvalue weighted by Gasteiger charge is 2.22. The summed E-state index contributed by atoms with van der Waals surface area (Å²) < 4.78 is 22.1. The quantitative estimate of drug-likeness (QED) is 0.307. The molecule has 0 aliphatic heterocycles. The molecule has 4 aromatic carbocycles. The minimum atomic E-state index is -0.332. The second kappa shape index (κ2) is 6.71. The summed E-state index contributed by atoms with van der Waals surface area (Å²) in [6.07, 6.45) is 0. The van der Waals surface area contributed by atoms with Gasteiger partial charge in [-0.1, -0.05) is 48.5 Å². The van der Waals surface area contributed by atoms with Crippen molar-refractivity contribution in [1.82, 2.24) is 19.7 Å². The van der Waals surface area contributed by atoms with Gasteiger partial charge in [0.05, 0.1) is 11.1 Å². The second-order valence-corrected chi connectivity index (χ2v) is 7.92. The molecule has 6 heteroatoms. The Morgan fingerprint density at radius 3 is 2.45 bits per heavy atom. The lowest BCUT2D eigenvalue weighted by Gasteiger charge is -2.10. The average molecular weight is 430 g/mol. The van der Waals surface area contributed by atoms with Crippen LogP contribution in [-0.2, 0) is 0 Å². The van der Waals surface area contributed by atoms with Crippen molar-refractivity contribution in [3.8, 4) is 17.1 Å². The summed E-state index contributed by atoms with van der Waals surface area (Å²) >= 11 is 0. The number of halogens is 1. The van der Waals surface area contributed by atoms with Gasteiger partial charge in [-0.15, -0.1) is 10.2 Å². The lowest BCUT2D eigenvalue weighted by atomic mass is 10.1. The fourth-order valence-electron chi connectivity index (χ4n) is 4.54. The maximum Gasteiger partial charge on any atom is 0.201 e. The van der Waals surface area contributed by atoms with Crippen molar-refractivity contribution in [3.63, 3.8) is 0 Å². The Labute approximate surface area is 186 Å². The highest BCUT2D eigenvalue weighted by atomic mass is 19.1. The van der Waals surface area contributed by atoms with E-state index in [-0.39, 0.29) is 5.82 Å². The molecule has 156 valence electrons. The SMILES string of the molecule is Fc1ccc2c(c1)oc1c(-c3nc4nnc5ccccc5c4n3-c3ccccc3)cccc12. The van der Waals surface area contributed by atoms with Gasteiger partial charge in [-0.25, -0.2) is 9.37 Å². The fourth-order valence-corrected chi connectivity index (χ4v) is 4.54. The van der Waals surface area contributed by atoms with Crippen LogP contribution in [-0.4, -0.2) is 19.7 Å². The molecule has 0 radical (unpaired) electrons. The van der Waals surface area contributed by atoms with Crippen molar-refractivity contribution in [3.05, 3.63) is 96.8 Å². The van der Waals surface area contributed by atoms with E-state index in [1.165, 1.54) is 12.1 Å². The van der Waals surface area contributed by atoms with Gasteiger partial charge in [0, 0.05) is 27.9 Å². The molecule has 0 saturated heterocycles. The number of aromatic nitrogens is 4. The van der Waals surface area contributed by atoms with Crippen LogP contribution in [0.1, 0.15) is 0 Å². The number of furan rings is 1. The fraction of sp³-hybridized carbons (Fsp3) is 0. The Hall–Kier alpha value is -4.58. The molecule has 3 aromatic heterocycles. The lowest BCUT2D eigenvalue weighted by molar-refractivity contribution is 0.618. The minimum absolute atomic E-state index is 0.332. The summed E-state index contributed by atoms with van der Waals surface area (Å²) in [6, 6.07) is 28.5. The molecule has 7 aromatic rings. The summed E-state index contributed by atoms with van der Waals surface area (Å²) in [5.74, 6) is 0.355. The van der Waals surface area contributed by atoms with Gasteiger partial charge in [0.2, 0.25) is 5.65 Å². The van der Waals surface area contributed by atoms with Crippen LogP contribution in [0.4, 0.5) is 4.39 Å². The zero-order valence-corrected chi connectivity index (χ0v) is 17.2. The third-order valence-electron chi connectivity index (χ3n) is 5.99. The number of hydrogen-bond donors (Lipinski definition) is 0. The average Bonchev–Trinajstić information content (AvgIpc) is 3.42. The van der Waals surface area contributed by atoms with Gasteiger partial charge in [-0.2, -0.15) is 0 Å². The molecule has 0 aliphatic carbocycles. The summed E-state index contributed by atoms with van der Waals surface area (Å²) in [5, 5.41) is 11.5. The van der Waals surface area contributed by atoms with E-state index in [1.807, 2.05) is 72.8 Å². The first-order valence-corrected chi connectivity index (χ1v) is 10.6. The summed E-state index contributed by atoms with van der Waals surface area (Å²) in [4.78, 5) is 4.90. The molecule has 0 bridgehead atoms. The van der Waals surface area contributed by atoms with Crippen LogP contribution in [0.25, 0.3) is 61.1 Å². The van der Waals surface area contributed by atoms with Gasteiger partial charge in [0.25, 0.3) is 0 Å². The first kappa shape index (κ1) is 18.0. The van der Waals surface area contributed by atoms with Gasteiger partial charge < -0.3 is 4.42 Å². The highest BCUT2D eigenvalue weighted by Crippen LogP contribution is 2.38. The van der Waals surface area contributed by atoms with Crippen molar-refractivity contribution in [2.45, 2.75) is 0 Å². The minimum Gasteiger partial charge on any atom is -0.455 e. The number of hydrogen-bond acceptors (Lipinski definition) is 4. The van der Waals surface area contributed by atoms with Gasteiger partial charge in [-0.3, -0.25) is 4.57 Å². The molecule has 0 unspecified atom stereocenters. The molecule has 0 spiro atoms. The Kier molecular flexibility index (Phi) is 3.67. The van der Waals surface area contributed by atoms with E-state index in [1.54, 1.807) is 6.07 Å². The summed E-state index contributed by atoms with van der Waals surface area (Å²) in [6.45, 7) is 0. The van der Waals surface area contributed by atoms with Crippen LogP contribution >= 0.6 is 0 Å². The molecule has 0 aliphatic rings. The topological polar surface area (TPSA) is 56.7 Å². The smallest absolute Gasteiger partial charge is 0.201 e. The van der Waals surface area contributed by atoms with E-state index in [4.69, 9.17) is 9.40 Å². The molecule has 3 heterocycles. The predicted octanol–water partition coefficient (Wildman–Crippen LogP) is 6.67. The maximum atomic E-state index is 13.9. The first-order valence-electron chi connectivity index (χ1n) is 10.6. The third-order valence-corrected chi connectivity index (χ3v) is 5.99. The molecule has 7 rings (SSSR count). The summed E-state index contributed by atoms with van der Waals surface area (Å²) in [7, 11) is 0. The van der Waals surface area contributed by atoms with Crippen molar-refractivity contribution >= 4 is 44.0 Å². The van der Waals surface area contributed by atoms with Crippen LogP contribution in [0.5, 0.6) is 0 Å². The molecular weight excluding hydrogens is 415 g/mol. The van der Waals surface area contributed by atoms with Crippen molar-refractivity contribution in [1.29, 1.82) is 0 Å². The Morgan fingerprint density at radius 2 is 1.55 bits per heavy atom. The molecular formula is C27H15FN4O. The number of imidazole rings is 1. The van der Waals surface area contributed by atoms with Crippen LogP contribution < -0.4 is 0 Å². The van der Waals surface area contributed by atoms with Crippen molar-refractivity contribution in [2.24, 2.45) is 0 Å². The number of para-hydroxylation sites is 2. The molecule has 0 atom stereocenters. The molecule has 0 amide bonds. The first-order chi connectivity index (χ1) is 16.3. The van der Waals surface area contributed by atoms with Crippen molar-refractivity contribution < 1.29 is 8.81 Å². The van der Waals surface area contributed by atoms with E-state index < -0.39 is 0 Å². The lowest BCUT2D eigenvalue weighted by Crippen LogP contribution is -1.98. The van der Waals surface area contributed by atoms with Crippen LogP contribution in [0.3, 0.4) is 0 Å². The molecule has 33 heavy (non-hydrogen) atoms. The standard InChI is InChI=1S/C27H15FN4O/c28-16-13-14-18-19-10-6-11-21(25(19)33-23(18)15-16)27-29-26-24(32(27)17-7-2-1-3-8-17)20-9-4-5-12-22(20)30-31-26/h1-15H. The largest absolute Gasteiger partial charge is 0.455 e. The van der Waals surface area contributed by atoms with Gasteiger partial charge >= 0.3 is 0 Å². The highest BCUT2D eigenvalue weighted by molar-refractivity contribution is 6.10. The van der Waals surface area contributed by atoms with Crippen LogP contribution in [0.15, 0.2) is 95.4 Å². The second-order valence-electron chi connectivity index (χ2n) is 7.92. The molecule has 0 fully saturated rings. The molecule has 5 nitrogen and oxygen atoms in total. The van der Waals surface area contributed by atoms with Crippen molar-refractivity contribution in [2.75, 3.05) is 0 Å². The number of nitrogens with zero attached hydrogens (tertiary/aromatic N) is 4. The molecule has 0 N–H and O–H groups in total. The van der Waals surface area contributed by atoms with Gasteiger partial charge in [0.15, 0.2) is 5.82 Å². The van der Waals surface area contributed by atoms with E-state index in [0.717, 1.165) is 38.4 Å².